The van der Waals surface area contributed by atoms with E-state index in [2.05, 4.69) is 11.8 Å². The molecule has 1 heterocycles. The minimum atomic E-state index is -0.838. The van der Waals surface area contributed by atoms with E-state index >= 15 is 0 Å². The number of carboxylic acids is 1. The summed E-state index contributed by atoms with van der Waals surface area (Å²) in [5.74, 6) is 6.16. The molecule has 0 bridgehead atoms. The second-order valence-electron chi connectivity index (χ2n) is 6.93. The molecule has 3 rings (SSSR count). The molecule has 0 aliphatic heterocycles. The first-order chi connectivity index (χ1) is 11.8. The highest BCUT2D eigenvalue weighted by atomic mass is 16.4. The number of hydrogen-bond donors (Lipinski definition) is 1. The quantitative estimate of drug-likeness (QED) is 0.695. The van der Waals surface area contributed by atoms with Crippen molar-refractivity contribution < 1.29 is 14.3 Å². The topological polar surface area (TPSA) is 50.4 Å². The van der Waals surface area contributed by atoms with E-state index in [1.165, 1.54) is 5.56 Å². The molecule has 0 spiro atoms. The number of carboxylic acid groups (broad SMARTS) is 1. The van der Waals surface area contributed by atoms with Crippen LogP contribution in [0.3, 0.4) is 0 Å². The van der Waals surface area contributed by atoms with Gasteiger partial charge in [-0.1, -0.05) is 43.4 Å². The maximum Gasteiger partial charge on any atom is 0.304 e. The number of aliphatic carboxylic acids is 1. The van der Waals surface area contributed by atoms with Crippen LogP contribution in [-0.4, -0.2) is 11.1 Å². The minimum absolute atomic E-state index is 0.0207. The van der Waals surface area contributed by atoms with Gasteiger partial charge in [0.15, 0.2) is 0 Å². The maximum absolute atomic E-state index is 11.0. The predicted molar refractivity (Wildman–Crippen MR) is 98.7 cm³/mol. The monoisotopic (exact) mass is 332 g/mol. The van der Waals surface area contributed by atoms with Crippen LogP contribution < -0.4 is 0 Å². The summed E-state index contributed by atoms with van der Waals surface area (Å²) in [7, 11) is 0. The van der Waals surface area contributed by atoms with Gasteiger partial charge >= 0.3 is 5.97 Å². The van der Waals surface area contributed by atoms with E-state index < -0.39 is 11.4 Å². The van der Waals surface area contributed by atoms with Gasteiger partial charge in [0.25, 0.3) is 0 Å². The van der Waals surface area contributed by atoms with Gasteiger partial charge in [-0.2, -0.15) is 0 Å². The highest BCUT2D eigenvalue weighted by molar-refractivity contribution is 5.80. The van der Waals surface area contributed by atoms with Gasteiger partial charge in [0.05, 0.1) is 6.42 Å². The molecule has 0 fully saturated rings. The molecule has 0 saturated heterocycles. The maximum atomic E-state index is 11.0. The Labute approximate surface area is 147 Å². The van der Waals surface area contributed by atoms with Crippen LogP contribution in [0.2, 0.25) is 0 Å². The lowest BCUT2D eigenvalue weighted by Gasteiger charge is -2.18. The summed E-state index contributed by atoms with van der Waals surface area (Å²) < 4.78 is 5.85. The van der Waals surface area contributed by atoms with Gasteiger partial charge in [-0.3, -0.25) is 4.79 Å². The Morgan fingerprint density at radius 2 is 1.68 bits per heavy atom. The number of rotatable bonds is 3. The third kappa shape index (κ3) is 3.92. The first-order valence-electron chi connectivity index (χ1n) is 8.18. The summed E-state index contributed by atoms with van der Waals surface area (Å²) in [5, 5.41) is 10.00. The van der Waals surface area contributed by atoms with E-state index in [0.29, 0.717) is 5.76 Å². The lowest BCUT2D eigenvalue weighted by molar-refractivity contribution is -0.138. The second-order valence-corrected chi connectivity index (χ2v) is 6.93. The van der Waals surface area contributed by atoms with E-state index in [-0.39, 0.29) is 6.42 Å². The van der Waals surface area contributed by atoms with Crippen molar-refractivity contribution in [3.05, 3.63) is 71.0 Å². The minimum Gasteiger partial charge on any atom is -0.481 e. The van der Waals surface area contributed by atoms with Crippen molar-refractivity contribution in [3.8, 4) is 11.8 Å². The Bertz CT molecular complexity index is 980. The van der Waals surface area contributed by atoms with Gasteiger partial charge in [-0.05, 0) is 43.3 Å². The lowest BCUT2D eigenvalue weighted by Crippen LogP contribution is -2.20. The van der Waals surface area contributed by atoms with Crippen LogP contribution in [0.25, 0.3) is 11.0 Å². The molecule has 3 heteroatoms. The highest BCUT2D eigenvalue weighted by Crippen LogP contribution is 2.32. The Morgan fingerprint density at radius 1 is 1.04 bits per heavy atom. The molecule has 2 aromatic carbocycles. The van der Waals surface area contributed by atoms with Gasteiger partial charge in [-0.25, -0.2) is 0 Å². The summed E-state index contributed by atoms with van der Waals surface area (Å²) in [6.45, 7) is 5.79. The molecule has 25 heavy (non-hydrogen) atoms. The molecule has 0 aliphatic rings. The fourth-order valence-corrected chi connectivity index (χ4v) is 2.70. The predicted octanol–water partition coefficient (Wildman–Crippen LogP) is 4.89. The average Bonchev–Trinajstić information content (AvgIpc) is 2.97. The van der Waals surface area contributed by atoms with Crippen molar-refractivity contribution >= 4 is 16.9 Å². The van der Waals surface area contributed by atoms with Crippen LogP contribution >= 0.6 is 0 Å². The third-order valence-electron chi connectivity index (χ3n) is 4.18. The standard InChI is InChI=1S/C22H20O3/c1-15-4-6-16(7-5-15)8-9-17-10-11-19-18(12-17)13-20(25-19)22(2,3)14-21(23)24/h4-7,10-13H,14H2,1-3H3,(H,23,24). The molecule has 0 radical (unpaired) electrons. The Morgan fingerprint density at radius 3 is 2.36 bits per heavy atom. The molecule has 126 valence electrons. The van der Waals surface area contributed by atoms with Gasteiger partial charge < -0.3 is 9.52 Å². The fraction of sp³-hybridized carbons (Fsp3) is 0.227. The van der Waals surface area contributed by atoms with Crippen molar-refractivity contribution in [2.24, 2.45) is 0 Å². The molecule has 0 atom stereocenters. The summed E-state index contributed by atoms with van der Waals surface area (Å²) in [4.78, 5) is 11.0. The Balaban J connectivity index is 1.90. The first-order valence-corrected chi connectivity index (χ1v) is 8.18. The first kappa shape index (κ1) is 16.9. The van der Waals surface area contributed by atoms with Gasteiger partial charge in [0.1, 0.15) is 11.3 Å². The van der Waals surface area contributed by atoms with Crippen LogP contribution in [0.1, 0.15) is 42.7 Å². The van der Waals surface area contributed by atoms with Crippen LogP contribution in [0.15, 0.2) is 52.9 Å². The van der Waals surface area contributed by atoms with Gasteiger partial charge in [0, 0.05) is 21.9 Å². The normalized spacial score (nSPS) is 11.2. The molecule has 1 aromatic heterocycles. The number of benzene rings is 2. The Kier molecular flexibility index (Phi) is 4.37. The molecule has 0 amide bonds. The van der Waals surface area contributed by atoms with E-state index in [1.54, 1.807) is 0 Å². The third-order valence-corrected chi connectivity index (χ3v) is 4.18. The van der Waals surface area contributed by atoms with Crippen LogP contribution in [0.4, 0.5) is 0 Å². The smallest absolute Gasteiger partial charge is 0.304 e. The molecule has 3 nitrogen and oxygen atoms in total. The van der Waals surface area contributed by atoms with Crippen molar-refractivity contribution in [2.75, 3.05) is 0 Å². The number of carbonyl (C=O) groups is 1. The van der Waals surface area contributed by atoms with Crippen LogP contribution in [0, 0.1) is 18.8 Å². The van der Waals surface area contributed by atoms with E-state index in [4.69, 9.17) is 9.52 Å². The SMILES string of the molecule is Cc1ccc(C#Cc2ccc3oc(C(C)(C)CC(=O)O)cc3c2)cc1. The molecule has 0 unspecified atom stereocenters. The zero-order valence-electron chi connectivity index (χ0n) is 14.6. The average molecular weight is 332 g/mol. The number of furan rings is 1. The number of aryl methyl sites for hydroxylation is 1. The molecular weight excluding hydrogens is 312 g/mol. The fourth-order valence-electron chi connectivity index (χ4n) is 2.70. The van der Waals surface area contributed by atoms with E-state index in [0.717, 1.165) is 22.1 Å². The summed E-state index contributed by atoms with van der Waals surface area (Å²) >= 11 is 0. The number of fused-ring (bicyclic) bond motifs is 1. The van der Waals surface area contributed by atoms with Crippen molar-refractivity contribution in [1.82, 2.24) is 0 Å². The van der Waals surface area contributed by atoms with Crippen molar-refractivity contribution in [1.29, 1.82) is 0 Å². The van der Waals surface area contributed by atoms with Gasteiger partial charge in [0.2, 0.25) is 0 Å². The van der Waals surface area contributed by atoms with Gasteiger partial charge in [-0.15, -0.1) is 0 Å². The zero-order valence-corrected chi connectivity index (χ0v) is 14.6. The zero-order chi connectivity index (χ0) is 18.0. The van der Waals surface area contributed by atoms with E-state index in [1.807, 2.05) is 69.3 Å². The largest absolute Gasteiger partial charge is 0.481 e. The molecule has 0 aliphatic carbocycles. The van der Waals surface area contributed by atoms with Crippen LogP contribution in [0.5, 0.6) is 0 Å². The van der Waals surface area contributed by atoms with Crippen LogP contribution in [-0.2, 0) is 10.2 Å². The number of hydrogen-bond acceptors (Lipinski definition) is 2. The van der Waals surface area contributed by atoms with E-state index in [9.17, 15) is 4.79 Å². The Hall–Kier alpha value is -2.99. The van der Waals surface area contributed by atoms with Crippen molar-refractivity contribution in [3.63, 3.8) is 0 Å². The molecular formula is C22H20O3. The summed E-state index contributed by atoms with van der Waals surface area (Å²) in [5.41, 5.74) is 3.27. The summed E-state index contributed by atoms with van der Waals surface area (Å²) in [6, 6.07) is 15.8. The molecule has 3 aromatic rings. The lowest BCUT2D eigenvalue weighted by atomic mass is 9.86. The molecule has 1 N–H and O–H groups in total. The second kappa shape index (κ2) is 6.49. The highest BCUT2D eigenvalue weighted by Gasteiger charge is 2.28. The van der Waals surface area contributed by atoms with Crippen molar-refractivity contribution in [2.45, 2.75) is 32.6 Å². The molecule has 0 saturated carbocycles. The summed E-state index contributed by atoms with van der Waals surface area (Å²) in [6.07, 6.45) is 0.0207.